The van der Waals surface area contributed by atoms with Gasteiger partial charge in [-0.1, -0.05) is 19.1 Å². The molecule has 1 fully saturated rings. The number of aromatic nitrogens is 1. The number of fused-ring (bicyclic) bond motifs is 1. The molecular weight excluding hydrogens is 274 g/mol. The lowest BCUT2D eigenvalue weighted by Crippen LogP contribution is -2.58. The van der Waals surface area contributed by atoms with E-state index < -0.39 is 10.0 Å². The van der Waals surface area contributed by atoms with Crippen LogP contribution in [0.4, 0.5) is 0 Å². The summed E-state index contributed by atoms with van der Waals surface area (Å²) in [5.74, 6) is 0. The van der Waals surface area contributed by atoms with E-state index in [4.69, 9.17) is 0 Å². The topological polar surface area (TPSA) is 62.3 Å². The van der Waals surface area contributed by atoms with Gasteiger partial charge in [-0.2, -0.15) is 4.31 Å². The van der Waals surface area contributed by atoms with Crippen LogP contribution < -0.4 is 5.32 Å². The van der Waals surface area contributed by atoms with E-state index in [1.54, 1.807) is 34.9 Å². The van der Waals surface area contributed by atoms with Gasteiger partial charge in [0.25, 0.3) is 0 Å². The lowest BCUT2D eigenvalue weighted by molar-refractivity contribution is 0.250. The molecule has 1 aliphatic rings. The van der Waals surface area contributed by atoms with Crippen LogP contribution in [0, 0.1) is 0 Å². The maximum absolute atomic E-state index is 12.9. The molecule has 3 rings (SSSR count). The first kappa shape index (κ1) is 13.5. The summed E-state index contributed by atoms with van der Waals surface area (Å²) in [6.45, 7) is 3.80. The first-order valence-electron chi connectivity index (χ1n) is 6.70. The summed E-state index contributed by atoms with van der Waals surface area (Å²) in [6.07, 6.45) is 3.32. The molecule has 2 aromatic rings. The van der Waals surface area contributed by atoms with Gasteiger partial charge in [-0.25, -0.2) is 8.42 Å². The standard InChI is InChI=1S/C14H17N3O2S/c1-2-17(12-9-16-10-12)20(18,19)14-5-3-4-11-8-15-7-6-13(11)14/h3-8,12,16H,2,9-10H2,1H3. The highest BCUT2D eigenvalue weighted by Crippen LogP contribution is 2.26. The Balaban J connectivity index is 2.13. The number of likely N-dealkylation sites (N-methyl/N-ethyl adjacent to an activating group) is 1. The van der Waals surface area contributed by atoms with Crippen molar-refractivity contribution in [2.75, 3.05) is 19.6 Å². The molecule has 5 nitrogen and oxygen atoms in total. The van der Waals surface area contributed by atoms with Crippen LogP contribution >= 0.6 is 0 Å². The van der Waals surface area contributed by atoms with E-state index in [0.717, 1.165) is 23.9 Å². The quantitative estimate of drug-likeness (QED) is 0.920. The zero-order valence-corrected chi connectivity index (χ0v) is 12.1. The molecule has 0 aliphatic carbocycles. The molecule has 1 aliphatic heterocycles. The third-order valence-corrected chi connectivity index (χ3v) is 5.79. The fourth-order valence-electron chi connectivity index (χ4n) is 2.55. The predicted molar refractivity (Wildman–Crippen MR) is 78.0 cm³/mol. The summed E-state index contributed by atoms with van der Waals surface area (Å²) in [7, 11) is -3.47. The first-order valence-corrected chi connectivity index (χ1v) is 8.14. The maximum atomic E-state index is 12.9. The molecule has 0 atom stereocenters. The van der Waals surface area contributed by atoms with E-state index in [1.807, 2.05) is 13.0 Å². The summed E-state index contributed by atoms with van der Waals surface area (Å²) in [5.41, 5.74) is 0. The second-order valence-electron chi connectivity index (χ2n) is 4.87. The molecule has 0 spiro atoms. The van der Waals surface area contributed by atoms with Gasteiger partial charge < -0.3 is 5.32 Å². The van der Waals surface area contributed by atoms with Gasteiger partial charge in [-0.15, -0.1) is 0 Å². The number of hydrogen-bond acceptors (Lipinski definition) is 4. The molecule has 2 heterocycles. The maximum Gasteiger partial charge on any atom is 0.244 e. The minimum atomic E-state index is -3.47. The molecule has 0 bridgehead atoms. The minimum absolute atomic E-state index is 0.0575. The van der Waals surface area contributed by atoms with Crippen LogP contribution in [0.2, 0.25) is 0 Å². The second kappa shape index (κ2) is 5.12. The van der Waals surface area contributed by atoms with Gasteiger partial charge in [0.15, 0.2) is 0 Å². The van der Waals surface area contributed by atoms with Crippen molar-refractivity contribution >= 4 is 20.8 Å². The van der Waals surface area contributed by atoms with Crippen molar-refractivity contribution < 1.29 is 8.42 Å². The van der Waals surface area contributed by atoms with Crippen molar-refractivity contribution in [3.8, 4) is 0 Å². The zero-order valence-electron chi connectivity index (χ0n) is 11.3. The fraction of sp³-hybridized carbons (Fsp3) is 0.357. The highest BCUT2D eigenvalue weighted by molar-refractivity contribution is 7.89. The van der Waals surface area contributed by atoms with Crippen LogP contribution in [0.3, 0.4) is 0 Å². The largest absolute Gasteiger partial charge is 0.313 e. The number of nitrogens with one attached hydrogen (secondary N) is 1. The van der Waals surface area contributed by atoms with E-state index in [1.165, 1.54) is 0 Å². The van der Waals surface area contributed by atoms with E-state index >= 15 is 0 Å². The highest BCUT2D eigenvalue weighted by Gasteiger charge is 2.34. The van der Waals surface area contributed by atoms with Gasteiger partial charge in [-0.05, 0) is 12.1 Å². The van der Waals surface area contributed by atoms with Crippen molar-refractivity contribution in [3.63, 3.8) is 0 Å². The van der Waals surface area contributed by atoms with Crippen LogP contribution in [0.1, 0.15) is 6.92 Å². The van der Waals surface area contributed by atoms with Crippen molar-refractivity contribution in [3.05, 3.63) is 36.7 Å². The van der Waals surface area contributed by atoms with Crippen LogP contribution in [0.25, 0.3) is 10.8 Å². The third-order valence-electron chi connectivity index (χ3n) is 3.71. The molecule has 0 radical (unpaired) electrons. The van der Waals surface area contributed by atoms with Gasteiger partial charge in [0, 0.05) is 48.8 Å². The number of pyridine rings is 1. The van der Waals surface area contributed by atoms with Crippen molar-refractivity contribution in [1.29, 1.82) is 0 Å². The molecule has 0 unspecified atom stereocenters. The molecule has 106 valence electrons. The van der Waals surface area contributed by atoms with Crippen LogP contribution in [-0.2, 0) is 10.0 Å². The molecule has 6 heteroatoms. The molecule has 0 saturated carbocycles. The Hall–Kier alpha value is -1.50. The Morgan fingerprint density at radius 1 is 1.35 bits per heavy atom. The molecule has 1 aromatic carbocycles. The third kappa shape index (κ3) is 2.09. The second-order valence-corrected chi connectivity index (χ2v) is 6.73. The summed E-state index contributed by atoms with van der Waals surface area (Å²) >= 11 is 0. The monoisotopic (exact) mass is 291 g/mol. The van der Waals surface area contributed by atoms with Crippen molar-refractivity contribution in [2.24, 2.45) is 0 Å². The molecule has 1 N–H and O–H groups in total. The Labute approximate surface area is 118 Å². The van der Waals surface area contributed by atoms with Crippen LogP contribution in [-0.4, -0.2) is 43.4 Å². The Morgan fingerprint density at radius 2 is 2.15 bits per heavy atom. The summed E-state index contributed by atoms with van der Waals surface area (Å²) in [4.78, 5) is 4.41. The van der Waals surface area contributed by atoms with E-state index in [-0.39, 0.29) is 6.04 Å². The normalized spacial score (nSPS) is 16.5. The SMILES string of the molecule is CCN(C1CNC1)S(=O)(=O)c1cccc2cnccc12. The molecule has 0 amide bonds. The number of nitrogens with zero attached hydrogens (tertiary/aromatic N) is 2. The van der Waals surface area contributed by atoms with E-state index in [2.05, 4.69) is 10.3 Å². The highest BCUT2D eigenvalue weighted by atomic mass is 32.2. The van der Waals surface area contributed by atoms with Gasteiger partial charge in [-0.3, -0.25) is 4.98 Å². The Kier molecular flexibility index (Phi) is 3.45. The van der Waals surface area contributed by atoms with Gasteiger partial charge in [0.2, 0.25) is 10.0 Å². The summed E-state index contributed by atoms with van der Waals surface area (Å²) in [5, 5.41) is 4.69. The van der Waals surface area contributed by atoms with Crippen molar-refractivity contribution in [1.82, 2.24) is 14.6 Å². The number of rotatable bonds is 4. The van der Waals surface area contributed by atoms with Crippen molar-refractivity contribution in [2.45, 2.75) is 17.9 Å². The van der Waals surface area contributed by atoms with E-state index in [0.29, 0.717) is 11.4 Å². The fourth-order valence-corrected chi connectivity index (χ4v) is 4.39. The molecular formula is C14H17N3O2S. The van der Waals surface area contributed by atoms with E-state index in [9.17, 15) is 8.42 Å². The first-order chi connectivity index (χ1) is 9.64. The number of benzene rings is 1. The van der Waals surface area contributed by atoms with Crippen LogP contribution in [0.15, 0.2) is 41.6 Å². The summed E-state index contributed by atoms with van der Waals surface area (Å²) < 4.78 is 27.4. The number of hydrogen-bond donors (Lipinski definition) is 1. The zero-order chi connectivity index (χ0) is 14.2. The molecule has 1 aromatic heterocycles. The van der Waals surface area contributed by atoms with Crippen LogP contribution in [0.5, 0.6) is 0 Å². The Bertz CT molecular complexity index is 721. The smallest absolute Gasteiger partial charge is 0.244 e. The van der Waals surface area contributed by atoms with Gasteiger partial charge >= 0.3 is 0 Å². The number of sulfonamides is 1. The van der Waals surface area contributed by atoms with Gasteiger partial charge in [0.1, 0.15) is 0 Å². The predicted octanol–water partition coefficient (Wildman–Crippen LogP) is 1.22. The summed E-state index contributed by atoms with van der Waals surface area (Å²) in [6, 6.07) is 7.13. The average molecular weight is 291 g/mol. The molecule has 20 heavy (non-hydrogen) atoms. The lowest BCUT2D eigenvalue weighted by Gasteiger charge is -2.36. The average Bonchev–Trinajstić information content (AvgIpc) is 2.41. The van der Waals surface area contributed by atoms with Gasteiger partial charge in [0.05, 0.1) is 4.90 Å². The minimum Gasteiger partial charge on any atom is -0.313 e. The Morgan fingerprint density at radius 3 is 2.80 bits per heavy atom. The lowest BCUT2D eigenvalue weighted by atomic mass is 10.2. The molecule has 1 saturated heterocycles.